The van der Waals surface area contributed by atoms with Crippen LogP contribution in [0.15, 0.2) is 6.20 Å². The van der Waals surface area contributed by atoms with Gasteiger partial charge in [-0.2, -0.15) is 9.37 Å². The van der Waals surface area contributed by atoms with Gasteiger partial charge in [0.25, 0.3) is 0 Å². The topological polar surface area (TPSA) is 47.0 Å². The summed E-state index contributed by atoms with van der Waals surface area (Å²) in [4.78, 5) is 6.97. The molecule has 1 saturated heterocycles. The molecule has 16 heavy (non-hydrogen) atoms. The summed E-state index contributed by atoms with van der Waals surface area (Å²) < 4.78 is 18.4. The van der Waals surface area contributed by atoms with Crippen LogP contribution in [0, 0.1) is 6.08 Å². The maximum atomic E-state index is 12.8. The average molecular weight is 246 g/mol. The monoisotopic (exact) mass is 245 g/mol. The molecule has 1 aromatic rings. The third-order valence-corrected chi connectivity index (χ3v) is 2.75. The van der Waals surface area contributed by atoms with E-state index in [0.717, 1.165) is 6.42 Å². The summed E-state index contributed by atoms with van der Waals surface area (Å²) in [7, 11) is 0. The minimum Gasteiger partial charge on any atom is -0.373 e. The normalized spacial score (nSPS) is 23.4. The lowest BCUT2D eigenvalue weighted by atomic mass is 10.0. The van der Waals surface area contributed by atoms with Crippen LogP contribution in [0.1, 0.15) is 20.3 Å². The van der Waals surface area contributed by atoms with Gasteiger partial charge in [-0.25, -0.2) is 4.98 Å². The maximum Gasteiger partial charge on any atom is 0.310 e. The first-order valence-electron chi connectivity index (χ1n) is 5.05. The van der Waals surface area contributed by atoms with Crippen molar-refractivity contribution in [3.05, 3.63) is 17.3 Å². The lowest BCUT2D eigenvalue weighted by molar-refractivity contribution is 0.0363. The first-order valence-corrected chi connectivity index (χ1v) is 5.43. The summed E-state index contributed by atoms with van der Waals surface area (Å²) in [5.41, 5.74) is -0.157. The molecule has 2 rings (SSSR count). The van der Waals surface area contributed by atoms with Gasteiger partial charge in [-0.3, -0.25) is 0 Å². The van der Waals surface area contributed by atoms with Crippen molar-refractivity contribution in [1.82, 2.24) is 9.97 Å². The van der Waals surface area contributed by atoms with E-state index in [1.54, 1.807) is 0 Å². The number of halogens is 2. The molecule has 0 bridgehead atoms. The van der Waals surface area contributed by atoms with Crippen LogP contribution in [-0.2, 0) is 4.74 Å². The van der Waals surface area contributed by atoms with Crippen LogP contribution in [0.4, 0.5) is 10.2 Å². The molecule has 0 amide bonds. The molecule has 1 atom stereocenters. The van der Waals surface area contributed by atoms with E-state index in [0.29, 0.717) is 17.4 Å². The standard InChI is InChI=1S/C10H13ClFN3O/c1-10(2)3-6(5-16-10)14-8-7(11)4-13-9(12)15-8/h4,6H,3,5H2,1-2H3,(H,13,14,15). The number of hydrogen-bond acceptors (Lipinski definition) is 4. The fourth-order valence-corrected chi connectivity index (χ4v) is 1.92. The summed E-state index contributed by atoms with van der Waals surface area (Å²) in [6, 6.07) is 0.0989. The van der Waals surface area contributed by atoms with Crippen LogP contribution >= 0.6 is 11.6 Å². The molecule has 1 unspecified atom stereocenters. The van der Waals surface area contributed by atoms with Crippen molar-refractivity contribution in [3.63, 3.8) is 0 Å². The van der Waals surface area contributed by atoms with E-state index in [2.05, 4.69) is 15.3 Å². The minimum atomic E-state index is -0.787. The van der Waals surface area contributed by atoms with E-state index in [1.807, 2.05) is 13.8 Å². The molecule has 0 radical (unpaired) electrons. The van der Waals surface area contributed by atoms with Crippen LogP contribution in [0.5, 0.6) is 0 Å². The second-order valence-electron chi connectivity index (χ2n) is 4.45. The largest absolute Gasteiger partial charge is 0.373 e. The van der Waals surface area contributed by atoms with Gasteiger partial charge in [0.15, 0.2) is 5.82 Å². The van der Waals surface area contributed by atoms with Crippen molar-refractivity contribution >= 4 is 17.4 Å². The quantitative estimate of drug-likeness (QED) is 0.812. The van der Waals surface area contributed by atoms with Gasteiger partial charge in [-0.15, -0.1) is 0 Å². The van der Waals surface area contributed by atoms with Gasteiger partial charge >= 0.3 is 6.08 Å². The molecule has 88 valence electrons. The highest BCUT2D eigenvalue weighted by molar-refractivity contribution is 6.32. The summed E-state index contributed by atoms with van der Waals surface area (Å²) in [5.74, 6) is 0.320. The van der Waals surface area contributed by atoms with Crippen LogP contribution in [0.3, 0.4) is 0 Å². The highest BCUT2D eigenvalue weighted by Crippen LogP contribution is 2.28. The second-order valence-corrected chi connectivity index (χ2v) is 4.86. The Hall–Kier alpha value is -0.940. The SMILES string of the molecule is CC1(C)CC(Nc2nc(F)ncc2Cl)CO1. The van der Waals surface area contributed by atoms with Gasteiger partial charge in [0.2, 0.25) is 0 Å². The second kappa shape index (κ2) is 4.14. The third-order valence-electron chi connectivity index (χ3n) is 2.47. The van der Waals surface area contributed by atoms with E-state index in [1.165, 1.54) is 6.20 Å². The predicted octanol–water partition coefficient (Wildman–Crippen LogP) is 2.25. The first-order chi connectivity index (χ1) is 7.46. The Bertz CT molecular complexity index is 400. The Morgan fingerprint density at radius 3 is 3.00 bits per heavy atom. The van der Waals surface area contributed by atoms with E-state index in [9.17, 15) is 4.39 Å². The molecule has 1 aromatic heterocycles. The number of rotatable bonds is 2. The van der Waals surface area contributed by atoms with Gasteiger partial charge < -0.3 is 10.1 Å². The van der Waals surface area contributed by atoms with Gasteiger partial charge in [0, 0.05) is 0 Å². The van der Waals surface area contributed by atoms with Crippen LogP contribution < -0.4 is 5.32 Å². The fourth-order valence-electron chi connectivity index (χ4n) is 1.77. The zero-order chi connectivity index (χ0) is 11.8. The molecule has 0 aliphatic carbocycles. The van der Waals surface area contributed by atoms with Crippen molar-refractivity contribution in [1.29, 1.82) is 0 Å². The fraction of sp³-hybridized carbons (Fsp3) is 0.600. The molecule has 1 aliphatic heterocycles. The van der Waals surface area contributed by atoms with Crippen molar-refractivity contribution in [3.8, 4) is 0 Å². The van der Waals surface area contributed by atoms with Crippen molar-refractivity contribution < 1.29 is 9.13 Å². The molecule has 1 aliphatic rings. The molecule has 2 heterocycles. The van der Waals surface area contributed by atoms with Crippen LogP contribution in [0.25, 0.3) is 0 Å². The molecule has 6 heteroatoms. The Morgan fingerprint density at radius 2 is 2.38 bits per heavy atom. The lowest BCUT2D eigenvalue weighted by Gasteiger charge is -2.16. The van der Waals surface area contributed by atoms with Gasteiger partial charge in [0.05, 0.1) is 24.4 Å². The first kappa shape index (κ1) is 11.5. The van der Waals surface area contributed by atoms with Crippen molar-refractivity contribution in [2.45, 2.75) is 31.9 Å². The average Bonchev–Trinajstić information content (AvgIpc) is 2.52. The van der Waals surface area contributed by atoms with E-state index in [-0.39, 0.29) is 11.6 Å². The Kier molecular flexibility index (Phi) is 2.99. The molecule has 4 nitrogen and oxygen atoms in total. The molecule has 0 saturated carbocycles. The van der Waals surface area contributed by atoms with Crippen LogP contribution in [-0.4, -0.2) is 28.2 Å². The molecule has 0 spiro atoms. The molecule has 0 aromatic carbocycles. The Balaban J connectivity index is 2.07. The van der Waals surface area contributed by atoms with Gasteiger partial charge in [-0.1, -0.05) is 11.6 Å². The highest BCUT2D eigenvalue weighted by Gasteiger charge is 2.32. The van der Waals surface area contributed by atoms with Crippen molar-refractivity contribution in [2.75, 3.05) is 11.9 Å². The van der Waals surface area contributed by atoms with E-state index in [4.69, 9.17) is 16.3 Å². The number of anilines is 1. The predicted molar refractivity (Wildman–Crippen MR) is 59.1 cm³/mol. The summed E-state index contributed by atoms with van der Waals surface area (Å²) in [6.45, 7) is 4.59. The van der Waals surface area contributed by atoms with Gasteiger partial charge in [-0.05, 0) is 20.3 Å². The molecule has 1 fully saturated rings. The number of nitrogens with zero attached hydrogens (tertiary/aromatic N) is 2. The highest BCUT2D eigenvalue weighted by atomic mass is 35.5. The maximum absolute atomic E-state index is 12.8. The number of hydrogen-bond donors (Lipinski definition) is 1. The summed E-state index contributed by atoms with van der Waals surface area (Å²) >= 11 is 5.85. The van der Waals surface area contributed by atoms with E-state index >= 15 is 0 Å². The molecule has 1 N–H and O–H groups in total. The lowest BCUT2D eigenvalue weighted by Crippen LogP contribution is -2.23. The summed E-state index contributed by atoms with van der Waals surface area (Å²) in [6.07, 6.45) is 1.28. The Labute approximate surface area is 98.2 Å². The zero-order valence-corrected chi connectivity index (χ0v) is 9.88. The smallest absolute Gasteiger partial charge is 0.310 e. The van der Waals surface area contributed by atoms with E-state index < -0.39 is 6.08 Å². The van der Waals surface area contributed by atoms with Gasteiger partial charge in [0.1, 0.15) is 5.02 Å². The van der Waals surface area contributed by atoms with Crippen molar-refractivity contribution in [2.24, 2.45) is 0 Å². The third kappa shape index (κ3) is 2.59. The summed E-state index contributed by atoms with van der Waals surface area (Å²) in [5, 5.41) is 3.37. The number of ether oxygens (including phenoxy) is 1. The minimum absolute atomic E-state index is 0.0989. The van der Waals surface area contributed by atoms with Crippen LogP contribution in [0.2, 0.25) is 5.02 Å². The zero-order valence-electron chi connectivity index (χ0n) is 9.13. The molecular weight excluding hydrogens is 233 g/mol. The molecular formula is C10H13ClFN3O. The Morgan fingerprint density at radius 1 is 1.62 bits per heavy atom. The number of aromatic nitrogens is 2. The number of nitrogens with one attached hydrogen (secondary N) is 1.